The zero-order valence-electron chi connectivity index (χ0n) is 11.2. The number of hydrogen-bond acceptors (Lipinski definition) is 1. The second-order valence-electron chi connectivity index (χ2n) is 5.36. The number of aryl methyl sites for hydroxylation is 1. The van der Waals surface area contributed by atoms with Gasteiger partial charge in [0.15, 0.2) is 0 Å². The maximum Gasteiger partial charge on any atom is 0.0488 e. The molecular formula is C15H22N2. The summed E-state index contributed by atoms with van der Waals surface area (Å²) in [4.78, 5) is 0. The number of aromatic nitrogens is 1. The molecule has 1 aromatic carbocycles. The lowest BCUT2D eigenvalue weighted by Gasteiger charge is -2.09. The van der Waals surface area contributed by atoms with Crippen LogP contribution in [-0.2, 0) is 6.42 Å². The van der Waals surface area contributed by atoms with Crippen molar-refractivity contribution in [3.8, 4) is 0 Å². The van der Waals surface area contributed by atoms with Gasteiger partial charge in [-0.25, -0.2) is 0 Å². The van der Waals surface area contributed by atoms with Crippen molar-refractivity contribution in [2.45, 2.75) is 46.2 Å². The molecule has 0 saturated heterocycles. The zero-order valence-corrected chi connectivity index (χ0v) is 11.2. The fraction of sp³-hybridized carbons (Fsp3) is 0.467. The minimum atomic E-state index is 0.211. The molecule has 1 heterocycles. The van der Waals surface area contributed by atoms with Crippen LogP contribution in [0.15, 0.2) is 24.4 Å². The van der Waals surface area contributed by atoms with Crippen molar-refractivity contribution in [1.29, 1.82) is 0 Å². The van der Waals surface area contributed by atoms with Gasteiger partial charge in [-0.1, -0.05) is 12.1 Å². The Morgan fingerprint density at radius 2 is 1.94 bits per heavy atom. The first-order valence-electron chi connectivity index (χ1n) is 6.34. The summed E-state index contributed by atoms with van der Waals surface area (Å²) < 4.78 is 2.35. The summed E-state index contributed by atoms with van der Waals surface area (Å²) in [5.74, 6) is 0. The van der Waals surface area contributed by atoms with E-state index in [1.54, 1.807) is 0 Å². The summed E-state index contributed by atoms with van der Waals surface area (Å²) in [6.07, 6.45) is 3.21. The number of hydrogen-bond donors (Lipinski definition) is 1. The third kappa shape index (κ3) is 2.37. The van der Waals surface area contributed by atoms with Crippen LogP contribution in [-0.4, -0.2) is 10.6 Å². The van der Waals surface area contributed by atoms with Crippen LogP contribution in [0.2, 0.25) is 0 Å². The summed E-state index contributed by atoms with van der Waals surface area (Å²) >= 11 is 0. The molecule has 92 valence electrons. The highest BCUT2D eigenvalue weighted by molar-refractivity contribution is 5.84. The zero-order chi connectivity index (χ0) is 12.6. The summed E-state index contributed by atoms with van der Waals surface area (Å²) in [6.45, 7) is 8.64. The Morgan fingerprint density at radius 1 is 1.24 bits per heavy atom. The Labute approximate surface area is 103 Å². The molecule has 0 saturated carbocycles. The van der Waals surface area contributed by atoms with E-state index in [2.05, 4.69) is 56.7 Å². The van der Waals surface area contributed by atoms with E-state index < -0.39 is 0 Å². The van der Waals surface area contributed by atoms with E-state index in [9.17, 15) is 0 Å². The molecule has 0 fully saturated rings. The molecule has 0 amide bonds. The number of nitrogens with two attached hydrogens (primary N) is 1. The minimum absolute atomic E-state index is 0.211. The molecule has 2 rings (SSSR count). The Morgan fingerprint density at radius 3 is 2.53 bits per heavy atom. The SMILES string of the molecule is Cc1ccc2c(CC(C)N)cn(C(C)C)c2c1. The Kier molecular flexibility index (Phi) is 3.25. The van der Waals surface area contributed by atoms with Crippen LogP contribution in [0, 0.1) is 6.92 Å². The van der Waals surface area contributed by atoms with Crippen LogP contribution in [0.1, 0.15) is 37.9 Å². The molecule has 2 nitrogen and oxygen atoms in total. The van der Waals surface area contributed by atoms with E-state index in [0.29, 0.717) is 6.04 Å². The molecule has 17 heavy (non-hydrogen) atoms. The first-order chi connectivity index (χ1) is 7.99. The van der Waals surface area contributed by atoms with Crippen LogP contribution >= 0.6 is 0 Å². The molecule has 1 unspecified atom stereocenters. The van der Waals surface area contributed by atoms with Gasteiger partial charge in [0, 0.05) is 29.2 Å². The molecule has 0 radical (unpaired) electrons. The van der Waals surface area contributed by atoms with Crippen molar-refractivity contribution in [3.05, 3.63) is 35.5 Å². The highest BCUT2D eigenvalue weighted by Crippen LogP contribution is 2.26. The highest BCUT2D eigenvalue weighted by Gasteiger charge is 2.11. The second kappa shape index (κ2) is 4.53. The molecule has 0 aliphatic rings. The quantitative estimate of drug-likeness (QED) is 0.860. The third-order valence-corrected chi connectivity index (χ3v) is 3.17. The average molecular weight is 230 g/mol. The molecule has 0 aliphatic heterocycles. The molecule has 0 spiro atoms. The van der Waals surface area contributed by atoms with Crippen molar-refractivity contribution in [3.63, 3.8) is 0 Å². The summed E-state index contributed by atoms with van der Waals surface area (Å²) in [7, 11) is 0. The molecule has 2 N–H and O–H groups in total. The molecule has 1 aromatic heterocycles. The number of benzene rings is 1. The summed E-state index contributed by atoms with van der Waals surface area (Å²) in [6, 6.07) is 7.36. The van der Waals surface area contributed by atoms with Crippen molar-refractivity contribution in [2.75, 3.05) is 0 Å². The molecular weight excluding hydrogens is 208 g/mol. The van der Waals surface area contributed by atoms with Crippen LogP contribution in [0.5, 0.6) is 0 Å². The third-order valence-electron chi connectivity index (χ3n) is 3.17. The van der Waals surface area contributed by atoms with Gasteiger partial charge in [0.1, 0.15) is 0 Å². The maximum atomic E-state index is 5.92. The van der Waals surface area contributed by atoms with Gasteiger partial charge in [-0.3, -0.25) is 0 Å². The molecule has 1 atom stereocenters. The number of nitrogens with zero attached hydrogens (tertiary/aromatic N) is 1. The number of rotatable bonds is 3. The minimum Gasteiger partial charge on any atom is -0.345 e. The van der Waals surface area contributed by atoms with Gasteiger partial charge >= 0.3 is 0 Å². The summed E-state index contributed by atoms with van der Waals surface area (Å²) in [5, 5.41) is 1.35. The molecule has 2 aromatic rings. The lowest BCUT2D eigenvalue weighted by molar-refractivity contribution is 0.618. The van der Waals surface area contributed by atoms with Crippen LogP contribution in [0.25, 0.3) is 10.9 Å². The standard InChI is InChI=1S/C15H22N2/c1-10(2)17-9-13(8-12(4)16)14-6-5-11(3)7-15(14)17/h5-7,9-10,12H,8,16H2,1-4H3. The van der Waals surface area contributed by atoms with Gasteiger partial charge < -0.3 is 10.3 Å². The van der Waals surface area contributed by atoms with Crippen molar-refractivity contribution < 1.29 is 0 Å². The van der Waals surface area contributed by atoms with E-state index in [1.165, 1.54) is 22.0 Å². The lowest BCUT2D eigenvalue weighted by atomic mass is 10.1. The fourth-order valence-corrected chi connectivity index (χ4v) is 2.37. The normalized spacial score (nSPS) is 13.5. The Bertz CT molecular complexity index is 521. The van der Waals surface area contributed by atoms with Gasteiger partial charge in [-0.2, -0.15) is 0 Å². The average Bonchev–Trinajstić information content (AvgIpc) is 2.55. The van der Waals surface area contributed by atoms with Crippen LogP contribution < -0.4 is 5.73 Å². The predicted octanol–water partition coefficient (Wildman–Crippen LogP) is 3.42. The van der Waals surface area contributed by atoms with Gasteiger partial charge in [0.05, 0.1) is 0 Å². The smallest absolute Gasteiger partial charge is 0.0488 e. The predicted molar refractivity (Wildman–Crippen MR) is 74.4 cm³/mol. The largest absolute Gasteiger partial charge is 0.345 e. The van der Waals surface area contributed by atoms with Gasteiger partial charge in [-0.05, 0) is 51.3 Å². The van der Waals surface area contributed by atoms with Gasteiger partial charge in [0.2, 0.25) is 0 Å². The second-order valence-corrected chi connectivity index (χ2v) is 5.36. The number of fused-ring (bicyclic) bond motifs is 1. The monoisotopic (exact) mass is 230 g/mol. The van der Waals surface area contributed by atoms with Gasteiger partial charge in [-0.15, -0.1) is 0 Å². The van der Waals surface area contributed by atoms with E-state index in [0.717, 1.165) is 6.42 Å². The molecule has 0 aliphatic carbocycles. The van der Waals surface area contributed by atoms with E-state index >= 15 is 0 Å². The lowest BCUT2D eigenvalue weighted by Crippen LogP contribution is -2.17. The topological polar surface area (TPSA) is 30.9 Å². The highest BCUT2D eigenvalue weighted by atomic mass is 15.0. The maximum absolute atomic E-state index is 5.92. The van der Waals surface area contributed by atoms with Crippen LogP contribution in [0.3, 0.4) is 0 Å². The van der Waals surface area contributed by atoms with E-state index in [1.807, 2.05) is 0 Å². The van der Waals surface area contributed by atoms with Crippen LogP contribution in [0.4, 0.5) is 0 Å². The van der Waals surface area contributed by atoms with E-state index in [4.69, 9.17) is 5.73 Å². The molecule has 0 bridgehead atoms. The Hall–Kier alpha value is -1.28. The first kappa shape index (κ1) is 12.2. The first-order valence-corrected chi connectivity index (χ1v) is 6.34. The molecule has 2 heteroatoms. The van der Waals surface area contributed by atoms with E-state index in [-0.39, 0.29) is 6.04 Å². The summed E-state index contributed by atoms with van der Waals surface area (Å²) in [5.41, 5.74) is 9.93. The van der Waals surface area contributed by atoms with Crippen molar-refractivity contribution >= 4 is 10.9 Å². The van der Waals surface area contributed by atoms with Crippen molar-refractivity contribution in [1.82, 2.24) is 4.57 Å². The fourth-order valence-electron chi connectivity index (χ4n) is 2.37. The van der Waals surface area contributed by atoms with Gasteiger partial charge in [0.25, 0.3) is 0 Å². The van der Waals surface area contributed by atoms with Crippen molar-refractivity contribution in [2.24, 2.45) is 5.73 Å². The Balaban J connectivity index is 2.62.